The van der Waals surface area contributed by atoms with Crippen LogP contribution in [0.25, 0.3) is 6.08 Å². The van der Waals surface area contributed by atoms with Crippen molar-refractivity contribution in [2.45, 2.75) is 20.8 Å². The Kier molecular flexibility index (Phi) is 8.01. The van der Waals surface area contributed by atoms with Gasteiger partial charge in [-0.25, -0.2) is 9.18 Å². The van der Waals surface area contributed by atoms with Gasteiger partial charge in [-0.15, -0.1) is 0 Å². The number of carbonyl (C=O) groups excluding carboxylic acids is 3. The van der Waals surface area contributed by atoms with Crippen LogP contribution in [0.4, 0.5) is 15.8 Å². The van der Waals surface area contributed by atoms with E-state index in [1.807, 2.05) is 31.2 Å². The lowest BCUT2D eigenvalue weighted by Gasteiger charge is -2.18. The molecule has 2 amide bonds. The molecule has 0 bridgehead atoms. The third-order valence-corrected chi connectivity index (χ3v) is 5.86. The second-order valence-electron chi connectivity index (χ2n) is 8.63. The Morgan fingerprint density at radius 3 is 2.24 bits per heavy atom. The van der Waals surface area contributed by atoms with Crippen molar-refractivity contribution in [1.29, 1.82) is 0 Å². The molecular weight excluding hydrogens is 487 g/mol. The summed E-state index contributed by atoms with van der Waals surface area (Å²) >= 11 is 0. The zero-order valence-corrected chi connectivity index (χ0v) is 21.3. The van der Waals surface area contributed by atoms with Crippen molar-refractivity contribution in [1.82, 2.24) is 0 Å². The molecule has 1 heterocycles. The lowest BCUT2D eigenvalue weighted by Crippen LogP contribution is -2.24. The molecule has 1 aliphatic heterocycles. The monoisotopic (exact) mass is 514 g/mol. The number of halogens is 1. The predicted octanol–water partition coefficient (Wildman–Crippen LogP) is 5.42. The van der Waals surface area contributed by atoms with Crippen LogP contribution in [0.3, 0.4) is 0 Å². The van der Waals surface area contributed by atoms with Crippen LogP contribution in [-0.2, 0) is 19.1 Å². The molecule has 0 saturated heterocycles. The van der Waals surface area contributed by atoms with Crippen LogP contribution in [0.2, 0.25) is 0 Å². The highest BCUT2D eigenvalue weighted by Crippen LogP contribution is 2.35. The third-order valence-electron chi connectivity index (χ3n) is 5.86. The van der Waals surface area contributed by atoms with Gasteiger partial charge in [0, 0.05) is 17.1 Å². The summed E-state index contributed by atoms with van der Waals surface area (Å²) in [6.07, 6.45) is 1.64. The summed E-state index contributed by atoms with van der Waals surface area (Å²) in [7, 11) is 0. The van der Waals surface area contributed by atoms with Gasteiger partial charge in [-0.1, -0.05) is 29.8 Å². The topological polar surface area (TPSA) is 84.9 Å². The van der Waals surface area contributed by atoms with Gasteiger partial charge in [0.1, 0.15) is 11.6 Å². The average molecular weight is 515 g/mol. The van der Waals surface area contributed by atoms with Gasteiger partial charge in [0.15, 0.2) is 6.61 Å². The number of allylic oxidation sites excluding steroid dienone is 1. The first-order valence-corrected chi connectivity index (χ1v) is 12.1. The lowest BCUT2D eigenvalue weighted by molar-refractivity contribution is -0.138. The molecule has 1 N–H and O–H groups in total. The summed E-state index contributed by atoms with van der Waals surface area (Å²) in [5.41, 5.74) is 3.78. The normalized spacial score (nSPS) is 14.2. The lowest BCUT2D eigenvalue weighted by atomic mass is 10.0. The number of rotatable bonds is 8. The van der Waals surface area contributed by atoms with Crippen molar-refractivity contribution in [3.63, 3.8) is 0 Å². The van der Waals surface area contributed by atoms with Crippen molar-refractivity contribution in [3.05, 3.63) is 107 Å². The number of nitrogens with one attached hydrogen (secondary N) is 1. The van der Waals surface area contributed by atoms with E-state index in [4.69, 9.17) is 9.47 Å². The Morgan fingerprint density at radius 2 is 1.61 bits per heavy atom. The third kappa shape index (κ3) is 5.98. The highest BCUT2D eigenvalue weighted by Gasteiger charge is 2.38. The minimum absolute atomic E-state index is 0.183. The number of hydrogen-bond acceptors (Lipinski definition) is 5. The minimum Gasteiger partial charge on any atom is -0.484 e. The summed E-state index contributed by atoms with van der Waals surface area (Å²) in [5.74, 6) is -1.23. The number of esters is 1. The van der Waals surface area contributed by atoms with Gasteiger partial charge in [0.25, 0.3) is 11.8 Å². The first-order chi connectivity index (χ1) is 18.3. The Balaban J connectivity index is 1.50. The van der Waals surface area contributed by atoms with Crippen LogP contribution < -0.4 is 15.0 Å². The largest absolute Gasteiger partial charge is 0.484 e. The standard InChI is InChI=1S/C30H27FN2O5/c1-4-37-30(36)28-20(3)33(24-13-5-19(2)6-14-24)29(35)26(28)17-21-7-15-25(16-8-21)38-18-27(34)32-23-11-9-22(31)10-12-23/h5-17H,4,18H2,1-3H3,(H,32,34)/b26-17-. The van der Waals surface area contributed by atoms with Crippen LogP contribution >= 0.6 is 0 Å². The summed E-state index contributed by atoms with van der Waals surface area (Å²) in [6, 6.07) is 19.7. The minimum atomic E-state index is -0.564. The van der Waals surface area contributed by atoms with Gasteiger partial charge in [-0.2, -0.15) is 0 Å². The van der Waals surface area contributed by atoms with Gasteiger partial charge in [-0.05, 0) is 80.9 Å². The zero-order chi connectivity index (χ0) is 27.2. The van der Waals surface area contributed by atoms with Crippen LogP contribution in [0, 0.1) is 12.7 Å². The number of amides is 2. The average Bonchev–Trinajstić information content (AvgIpc) is 3.14. The molecule has 4 rings (SSSR count). The maximum absolute atomic E-state index is 13.5. The van der Waals surface area contributed by atoms with E-state index in [1.54, 1.807) is 44.2 Å². The van der Waals surface area contributed by atoms with Gasteiger partial charge in [0.05, 0.1) is 17.8 Å². The van der Waals surface area contributed by atoms with E-state index in [-0.39, 0.29) is 30.3 Å². The Morgan fingerprint density at radius 1 is 0.947 bits per heavy atom. The summed E-state index contributed by atoms with van der Waals surface area (Å²) in [4.78, 5) is 39.9. The number of aryl methyl sites for hydroxylation is 1. The van der Waals surface area contributed by atoms with E-state index >= 15 is 0 Å². The van der Waals surface area contributed by atoms with E-state index in [1.165, 1.54) is 29.2 Å². The molecule has 194 valence electrons. The number of nitrogens with zero attached hydrogens (tertiary/aromatic N) is 1. The Hall–Kier alpha value is -4.72. The molecule has 7 nitrogen and oxygen atoms in total. The number of anilines is 2. The van der Waals surface area contributed by atoms with Gasteiger partial charge in [-0.3, -0.25) is 14.5 Å². The molecule has 0 spiro atoms. The second-order valence-corrected chi connectivity index (χ2v) is 8.63. The van der Waals surface area contributed by atoms with E-state index in [2.05, 4.69) is 5.32 Å². The van der Waals surface area contributed by atoms with E-state index in [0.717, 1.165) is 5.56 Å². The van der Waals surface area contributed by atoms with Crippen LogP contribution in [-0.4, -0.2) is 31.0 Å². The SMILES string of the molecule is CCOC(=O)C1=C(C)N(c2ccc(C)cc2)C(=O)/C1=C\c1ccc(OCC(=O)Nc2ccc(F)cc2)cc1. The number of ether oxygens (including phenoxy) is 2. The molecule has 0 radical (unpaired) electrons. The molecule has 1 aliphatic rings. The van der Waals surface area contributed by atoms with Crippen LogP contribution in [0.15, 0.2) is 89.6 Å². The Labute approximate surface area is 220 Å². The van der Waals surface area contributed by atoms with Crippen molar-refractivity contribution >= 4 is 35.2 Å². The van der Waals surface area contributed by atoms with Gasteiger partial charge < -0.3 is 14.8 Å². The quantitative estimate of drug-likeness (QED) is 0.321. The number of carbonyl (C=O) groups is 3. The van der Waals surface area contributed by atoms with E-state index in [0.29, 0.717) is 28.4 Å². The molecule has 0 saturated carbocycles. The number of benzene rings is 3. The summed E-state index contributed by atoms with van der Waals surface area (Å²) in [6.45, 7) is 5.33. The molecule has 0 atom stereocenters. The molecule has 0 fully saturated rings. The van der Waals surface area contributed by atoms with E-state index < -0.39 is 17.7 Å². The molecule has 3 aromatic carbocycles. The fraction of sp³-hybridized carbons (Fsp3) is 0.167. The molecular formula is C30H27FN2O5. The highest BCUT2D eigenvalue weighted by molar-refractivity contribution is 6.23. The first-order valence-electron chi connectivity index (χ1n) is 12.1. The fourth-order valence-corrected chi connectivity index (χ4v) is 3.99. The van der Waals surface area contributed by atoms with Crippen molar-refractivity contribution in [3.8, 4) is 5.75 Å². The molecule has 0 aliphatic carbocycles. The van der Waals surface area contributed by atoms with Gasteiger partial charge in [0.2, 0.25) is 0 Å². The van der Waals surface area contributed by atoms with Crippen LogP contribution in [0.1, 0.15) is 25.0 Å². The maximum atomic E-state index is 13.5. The molecule has 38 heavy (non-hydrogen) atoms. The summed E-state index contributed by atoms with van der Waals surface area (Å²) in [5, 5.41) is 2.62. The highest BCUT2D eigenvalue weighted by atomic mass is 19.1. The zero-order valence-electron chi connectivity index (χ0n) is 21.3. The van der Waals surface area contributed by atoms with Gasteiger partial charge >= 0.3 is 5.97 Å². The van der Waals surface area contributed by atoms with E-state index in [9.17, 15) is 18.8 Å². The maximum Gasteiger partial charge on any atom is 0.340 e. The smallest absolute Gasteiger partial charge is 0.340 e. The molecule has 0 unspecified atom stereocenters. The fourth-order valence-electron chi connectivity index (χ4n) is 3.99. The molecule has 8 heteroatoms. The number of hydrogen-bond donors (Lipinski definition) is 1. The first kappa shape index (κ1) is 26.3. The summed E-state index contributed by atoms with van der Waals surface area (Å²) < 4.78 is 23.8. The molecule has 3 aromatic rings. The predicted molar refractivity (Wildman–Crippen MR) is 143 cm³/mol. The van der Waals surface area contributed by atoms with Crippen molar-refractivity contribution in [2.75, 3.05) is 23.4 Å². The van der Waals surface area contributed by atoms with Crippen LogP contribution in [0.5, 0.6) is 5.75 Å². The molecule has 0 aromatic heterocycles. The van der Waals surface area contributed by atoms with Crippen molar-refractivity contribution < 1.29 is 28.2 Å². The second kappa shape index (κ2) is 11.6. The van der Waals surface area contributed by atoms with Crippen molar-refractivity contribution in [2.24, 2.45) is 0 Å². The Bertz CT molecular complexity index is 1410.